The van der Waals surface area contributed by atoms with E-state index in [2.05, 4.69) is 10.3 Å². The summed E-state index contributed by atoms with van der Waals surface area (Å²) >= 11 is 6.19. The monoisotopic (exact) mass is 435 g/mol. The van der Waals surface area contributed by atoms with Crippen LogP contribution in [-0.2, 0) is 9.59 Å². The normalized spacial score (nSPS) is 15.2. The van der Waals surface area contributed by atoms with Crippen molar-refractivity contribution in [3.05, 3.63) is 83.0 Å². The molecule has 0 saturated heterocycles. The van der Waals surface area contributed by atoms with E-state index in [1.165, 1.54) is 0 Å². The van der Waals surface area contributed by atoms with E-state index in [9.17, 15) is 9.59 Å². The van der Waals surface area contributed by atoms with Crippen LogP contribution in [0.3, 0.4) is 0 Å². The number of ether oxygens (including phenoxy) is 1. The van der Waals surface area contributed by atoms with Crippen LogP contribution < -0.4 is 15.0 Å². The second-order valence-corrected chi connectivity index (χ2v) is 7.77. The molecule has 7 heteroatoms. The molecule has 1 aliphatic rings. The minimum absolute atomic E-state index is 0.160. The van der Waals surface area contributed by atoms with E-state index in [0.717, 1.165) is 11.1 Å². The Kier molecular flexibility index (Phi) is 6.18. The number of carbonyl (C=O) groups excluding carboxylic acids is 2. The van der Waals surface area contributed by atoms with Crippen LogP contribution in [0.2, 0.25) is 5.02 Å². The van der Waals surface area contributed by atoms with Crippen molar-refractivity contribution in [1.29, 1.82) is 0 Å². The van der Waals surface area contributed by atoms with Gasteiger partial charge in [0.1, 0.15) is 0 Å². The first-order valence-corrected chi connectivity index (χ1v) is 10.4. The Labute approximate surface area is 185 Å². The van der Waals surface area contributed by atoms with Crippen LogP contribution in [0.15, 0.2) is 66.9 Å². The Balaban J connectivity index is 1.44. The van der Waals surface area contributed by atoms with Gasteiger partial charge in [0.15, 0.2) is 11.6 Å². The number of pyridine rings is 1. The maximum Gasteiger partial charge on any atom is 0.274 e. The molecule has 1 aromatic heterocycles. The van der Waals surface area contributed by atoms with Gasteiger partial charge in [0.2, 0.25) is 12.0 Å². The number of aromatic nitrogens is 1. The quantitative estimate of drug-likeness (QED) is 0.596. The summed E-state index contributed by atoms with van der Waals surface area (Å²) in [6.07, 6.45) is 1.60. The third kappa shape index (κ3) is 4.70. The van der Waals surface area contributed by atoms with Gasteiger partial charge in [-0.15, -0.1) is 0 Å². The van der Waals surface area contributed by atoms with Gasteiger partial charge in [0, 0.05) is 24.7 Å². The van der Waals surface area contributed by atoms with Gasteiger partial charge >= 0.3 is 0 Å². The minimum Gasteiger partial charge on any atom is -0.472 e. The number of rotatable bonds is 6. The fraction of sp³-hybridized carbons (Fsp3) is 0.208. The Hall–Kier alpha value is -3.38. The molecule has 1 atom stereocenters. The SMILES string of the molecule is Cc1ccc(NC(=O)CCCN2C(=O)[C@@H](c3ccccc3)Oc3cccnc32)c(Cl)c1. The van der Waals surface area contributed by atoms with E-state index in [-0.39, 0.29) is 18.2 Å². The predicted molar refractivity (Wildman–Crippen MR) is 120 cm³/mol. The Morgan fingerprint density at radius 1 is 1.16 bits per heavy atom. The molecule has 0 aliphatic carbocycles. The smallest absolute Gasteiger partial charge is 0.274 e. The number of nitrogens with zero attached hydrogens (tertiary/aromatic N) is 2. The molecule has 1 N–H and O–H groups in total. The maximum atomic E-state index is 13.2. The van der Waals surface area contributed by atoms with Crippen molar-refractivity contribution in [3.8, 4) is 5.75 Å². The topological polar surface area (TPSA) is 71.5 Å². The molecule has 158 valence electrons. The van der Waals surface area contributed by atoms with Crippen LogP contribution >= 0.6 is 11.6 Å². The molecule has 2 amide bonds. The molecule has 2 heterocycles. The van der Waals surface area contributed by atoms with Crippen molar-refractivity contribution >= 4 is 34.9 Å². The number of nitrogens with one attached hydrogen (secondary N) is 1. The summed E-state index contributed by atoms with van der Waals surface area (Å²) in [7, 11) is 0. The first kappa shape index (κ1) is 20.9. The molecular formula is C24H22ClN3O3. The average molecular weight is 436 g/mol. The Morgan fingerprint density at radius 3 is 2.74 bits per heavy atom. The van der Waals surface area contributed by atoms with Crippen molar-refractivity contribution in [3.63, 3.8) is 0 Å². The van der Waals surface area contributed by atoms with Gasteiger partial charge in [-0.05, 0) is 43.2 Å². The van der Waals surface area contributed by atoms with E-state index < -0.39 is 6.10 Å². The fourth-order valence-corrected chi connectivity index (χ4v) is 3.77. The van der Waals surface area contributed by atoms with E-state index in [4.69, 9.17) is 16.3 Å². The highest BCUT2D eigenvalue weighted by Crippen LogP contribution is 2.37. The zero-order valence-corrected chi connectivity index (χ0v) is 17.8. The fourth-order valence-electron chi connectivity index (χ4n) is 3.49. The third-order valence-electron chi connectivity index (χ3n) is 5.03. The lowest BCUT2D eigenvalue weighted by Crippen LogP contribution is -2.42. The average Bonchev–Trinajstić information content (AvgIpc) is 2.77. The molecule has 0 bridgehead atoms. The highest BCUT2D eigenvalue weighted by Gasteiger charge is 2.36. The number of halogens is 1. The lowest BCUT2D eigenvalue weighted by molar-refractivity contribution is -0.127. The maximum absolute atomic E-state index is 13.2. The summed E-state index contributed by atoms with van der Waals surface area (Å²) in [6, 6.07) is 18.4. The van der Waals surface area contributed by atoms with Gasteiger partial charge in [-0.1, -0.05) is 48.0 Å². The molecule has 0 unspecified atom stereocenters. The van der Waals surface area contributed by atoms with E-state index in [1.807, 2.05) is 43.3 Å². The van der Waals surface area contributed by atoms with Crippen LogP contribution in [0, 0.1) is 6.92 Å². The largest absolute Gasteiger partial charge is 0.472 e. The summed E-state index contributed by atoms with van der Waals surface area (Å²) in [5.41, 5.74) is 2.38. The lowest BCUT2D eigenvalue weighted by atomic mass is 10.1. The van der Waals surface area contributed by atoms with E-state index in [0.29, 0.717) is 35.2 Å². The first-order chi connectivity index (χ1) is 15.0. The van der Waals surface area contributed by atoms with Gasteiger partial charge in [0.05, 0.1) is 10.7 Å². The molecule has 0 fully saturated rings. The summed E-state index contributed by atoms with van der Waals surface area (Å²) < 4.78 is 5.94. The van der Waals surface area contributed by atoms with Crippen LogP contribution in [0.25, 0.3) is 0 Å². The molecule has 0 radical (unpaired) electrons. The number of benzene rings is 2. The van der Waals surface area contributed by atoms with Gasteiger partial charge in [-0.2, -0.15) is 0 Å². The predicted octanol–water partition coefficient (Wildman–Crippen LogP) is 4.93. The molecule has 31 heavy (non-hydrogen) atoms. The first-order valence-electron chi connectivity index (χ1n) is 10.1. The minimum atomic E-state index is -0.738. The van der Waals surface area contributed by atoms with Gasteiger partial charge in [-0.3, -0.25) is 14.5 Å². The molecule has 6 nitrogen and oxygen atoms in total. The molecule has 0 spiro atoms. The molecule has 1 aliphatic heterocycles. The van der Waals surface area contributed by atoms with Crippen molar-refractivity contribution in [2.24, 2.45) is 0 Å². The molecule has 2 aromatic carbocycles. The summed E-state index contributed by atoms with van der Waals surface area (Å²) in [6.45, 7) is 2.29. The second-order valence-electron chi connectivity index (χ2n) is 7.36. The number of anilines is 2. The number of aryl methyl sites for hydroxylation is 1. The van der Waals surface area contributed by atoms with Gasteiger partial charge in [-0.25, -0.2) is 4.98 Å². The van der Waals surface area contributed by atoms with Crippen molar-refractivity contribution < 1.29 is 14.3 Å². The van der Waals surface area contributed by atoms with Crippen LogP contribution in [0.5, 0.6) is 5.75 Å². The van der Waals surface area contributed by atoms with Crippen molar-refractivity contribution in [1.82, 2.24) is 4.98 Å². The molecule has 3 aromatic rings. The standard InChI is InChI=1S/C24H22ClN3O3/c1-16-11-12-19(18(25)15-16)27-21(29)10-6-14-28-23-20(9-5-13-26-23)31-22(24(28)30)17-7-3-2-4-8-17/h2-5,7-9,11-13,15,22H,6,10,14H2,1H3,(H,27,29)/t22-/m1/s1. The third-order valence-corrected chi connectivity index (χ3v) is 5.34. The lowest BCUT2D eigenvalue weighted by Gasteiger charge is -2.33. The zero-order chi connectivity index (χ0) is 21.8. The highest BCUT2D eigenvalue weighted by molar-refractivity contribution is 6.33. The van der Waals surface area contributed by atoms with Crippen molar-refractivity contribution in [2.75, 3.05) is 16.8 Å². The highest BCUT2D eigenvalue weighted by atomic mass is 35.5. The van der Waals surface area contributed by atoms with Crippen LogP contribution in [0.4, 0.5) is 11.5 Å². The number of amides is 2. The molecule has 0 saturated carbocycles. The summed E-state index contributed by atoms with van der Waals surface area (Å²) in [4.78, 5) is 31.5. The zero-order valence-electron chi connectivity index (χ0n) is 17.0. The number of carbonyl (C=O) groups is 2. The molecular weight excluding hydrogens is 414 g/mol. The van der Waals surface area contributed by atoms with Gasteiger partial charge in [0.25, 0.3) is 5.91 Å². The Bertz CT molecular complexity index is 1100. The second kappa shape index (κ2) is 9.18. The van der Waals surface area contributed by atoms with Crippen LogP contribution in [0.1, 0.15) is 30.1 Å². The number of hydrogen-bond donors (Lipinski definition) is 1. The van der Waals surface area contributed by atoms with E-state index in [1.54, 1.807) is 35.4 Å². The number of hydrogen-bond acceptors (Lipinski definition) is 4. The van der Waals surface area contributed by atoms with E-state index >= 15 is 0 Å². The number of fused-ring (bicyclic) bond motifs is 1. The summed E-state index contributed by atoms with van der Waals surface area (Å²) in [5.74, 6) is 0.667. The summed E-state index contributed by atoms with van der Waals surface area (Å²) in [5, 5.41) is 3.33. The Morgan fingerprint density at radius 2 is 1.97 bits per heavy atom. The van der Waals surface area contributed by atoms with Gasteiger partial charge < -0.3 is 10.1 Å². The molecule has 4 rings (SSSR count). The van der Waals surface area contributed by atoms with Crippen molar-refractivity contribution in [2.45, 2.75) is 25.9 Å². The van der Waals surface area contributed by atoms with Crippen LogP contribution in [-0.4, -0.2) is 23.3 Å².